The van der Waals surface area contributed by atoms with Gasteiger partial charge in [0.05, 0.1) is 18.4 Å². The average molecular weight is 315 g/mol. The molecule has 3 N–H and O–H groups in total. The number of hydrogen-bond acceptors (Lipinski definition) is 4. The number of hydrogen-bond donors (Lipinski definition) is 2. The predicted octanol–water partition coefficient (Wildman–Crippen LogP) is 2.34. The number of halogens is 1. The highest BCUT2D eigenvalue weighted by Crippen LogP contribution is 2.26. The molecule has 1 aromatic rings. The first-order chi connectivity index (χ1) is 9.74. The summed E-state index contributed by atoms with van der Waals surface area (Å²) in [7, 11) is 0. The molecule has 1 aliphatic rings. The van der Waals surface area contributed by atoms with Crippen LogP contribution in [0, 0.1) is 0 Å². The molecule has 0 unspecified atom stereocenters. The van der Waals surface area contributed by atoms with Crippen molar-refractivity contribution in [3.8, 4) is 5.75 Å². The monoisotopic (exact) mass is 314 g/mol. The maximum Gasteiger partial charge on any atom is 0.253 e. The van der Waals surface area contributed by atoms with E-state index in [2.05, 4.69) is 5.32 Å². The molecule has 1 saturated heterocycles. The van der Waals surface area contributed by atoms with Crippen molar-refractivity contribution in [1.82, 2.24) is 0 Å². The molecular formula is C15H23ClN2O3. The van der Waals surface area contributed by atoms with Gasteiger partial charge in [0, 0.05) is 6.54 Å². The molecule has 2 atom stereocenters. The highest BCUT2D eigenvalue weighted by atomic mass is 35.5. The Bertz CT molecular complexity index is 456. The van der Waals surface area contributed by atoms with E-state index >= 15 is 0 Å². The van der Waals surface area contributed by atoms with Crippen molar-refractivity contribution in [1.29, 1.82) is 0 Å². The van der Waals surface area contributed by atoms with Gasteiger partial charge in [-0.1, -0.05) is 19.1 Å². The maximum absolute atomic E-state index is 12.2. The zero-order valence-corrected chi connectivity index (χ0v) is 13.0. The second kappa shape index (κ2) is 8.87. The van der Waals surface area contributed by atoms with E-state index in [0.717, 1.165) is 12.8 Å². The van der Waals surface area contributed by atoms with Crippen molar-refractivity contribution in [2.45, 2.75) is 38.4 Å². The first-order valence-corrected chi connectivity index (χ1v) is 7.12. The van der Waals surface area contributed by atoms with Gasteiger partial charge in [0.2, 0.25) is 0 Å². The van der Waals surface area contributed by atoms with Crippen LogP contribution in [0.5, 0.6) is 5.75 Å². The Balaban J connectivity index is 0.00000220. The Morgan fingerprint density at radius 2 is 2.19 bits per heavy atom. The summed E-state index contributed by atoms with van der Waals surface area (Å²) in [6.45, 7) is 3.13. The fraction of sp³-hybridized carbons (Fsp3) is 0.533. The van der Waals surface area contributed by atoms with Gasteiger partial charge in [-0.25, -0.2) is 0 Å². The van der Waals surface area contributed by atoms with Gasteiger partial charge in [0.25, 0.3) is 5.91 Å². The number of amides is 1. The van der Waals surface area contributed by atoms with Crippen LogP contribution < -0.4 is 15.8 Å². The summed E-state index contributed by atoms with van der Waals surface area (Å²) in [5.74, 6) is 0.560. The largest absolute Gasteiger partial charge is 0.491 e. The summed E-state index contributed by atoms with van der Waals surface area (Å²) in [5.41, 5.74) is 6.24. The Labute approximate surface area is 131 Å². The Hall–Kier alpha value is -1.30. The molecule has 1 heterocycles. The molecule has 21 heavy (non-hydrogen) atoms. The Kier molecular flexibility index (Phi) is 7.50. The van der Waals surface area contributed by atoms with Gasteiger partial charge in [-0.3, -0.25) is 4.79 Å². The van der Waals surface area contributed by atoms with Gasteiger partial charge in [-0.2, -0.15) is 0 Å². The van der Waals surface area contributed by atoms with Gasteiger partial charge in [0.15, 0.2) is 0 Å². The minimum atomic E-state index is -0.414. The first-order valence-electron chi connectivity index (χ1n) is 7.12. The number of carbonyl (C=O) groups excluding carboxylic acids is 1. The van der Waals surface area contributed by atoms with Crippen molar-refractivity contribution in [2.75, 3.05) is 18.5 Å². The molecule has 1 amide bonds. The van der Waals surface area contributed by atoms with Gasteiger partial charge >= 0.3 is 0 Å². The number of nitrogens with two attached hydrogens (primary N) is 1. The molecule has 0 aromatic heterocycles. The van der Waals surface area contributed by atoms with Gasteiger partial charge in [-0.15, -0.1) is 12.4 Å². The van der Waals surface area contributed by atoms with Crippen LogP contribution in [0.15, 0.2) is 24.3 Å². The first kappa shape index (κ1) is 17.8. The second-order valence-electron chi connectivity index (χ2n) is 4.89. The molecule has 0 radical (unpaired) electrons. The van der Waals surface area contributed by atoms with E-state index in [1.54, 1.807) is 0 Å². The van der Waals surface area contributed by atoms with Crippen LogP contribution in [0.3, 0.4) is 0 Å². The van der Waals surface area contributed by atoms with E-state index in [-0.39, 0.29) is 24.4 Å². The summed E-state index contributed by atoms with van der Waals surface area (Å²) >= 11 is 0. The van der Waals surface area contributed by atoms with Crippen LogP contribution >= 0.6 is 12.4 Å². The number of ether oxygens (including phenoxy) is 2. The number of nitrogens with one attached hydrogen (secondary N) is 1. The third kappa shape index (κ3) is 4.88. The molecule has 1 aromatic carbocycles. The highest BCUT2D eigenvalue weighted by Gasteiger charge is 2.30. The molecule has 1 aliphatic heterocycles. The van der Waals surface area contributed by atoms with E-state index in [0.29, 0.717) is 31.0 Å². The summed E-state index contributed by atoms with van der Waals surface area (Å²) < 4.78 is 11.2. The third-order valence-electron chi connectivity index (χ3n) is 3.27. The normalized spacial score (nSPS) is 20.7. The van der Waals surface area contributed by atoms with Gasteiger partial charge in [-0.05, 0) is 31.4 Å². The summed E-state index contributed by atoms with van der Waals surface area (Å²) in [5, 5.41) is 2.88. The van der Waals surface area contributed by atoms with Gasteiger partial charge < -0.3 is 20.5 Å². The predicted molar refractivity (Wildman–Crippen MR) is 85.1 cm³/mol. The molecule has 2 rings (SSSR count). The number of rotatable bonds is 6. The summed E-state index contributed by atoms with van der Waals surface area (Å²) in [6, 6.07) is 7.44. The summed E-state index contributed by atoms with van der Waals surface area (Å²) in [6.07, 6.45) is 2.06. The van der Waals surface area contributed by atoms with Crippen LogP contribution in [0.4, 0.5) is 5.69 Å². The number of anilines is 1. The molecule has 6 heteroatoms. The molecule has 0 spiro atoms. The maximum atomic E-state index is 12.2. The lowest BCUT2D eigenvalue weighted by Crippen LogP contribution is -2.29. The van der Waals surface area contributed by atoms with Gasteiger partial charge in [0.1, 0.15) is 11.9 Å². The van der Waals surface area contributed by atoms with Crippen LogP contribution in [0.25, 0.3) is 0 Å². The number of para-hydroxylation sites is 2. The zero-order valence-electron chi connectivity index (χ0n) is 12.2. The molecule has 0 aliphatic carbocycles. The molecule has 118 valence electrons. The van der Waals surface area contributed by atoms with Crippen LogP contribution in [-0.4, -0.2) is 31.3 Å². The molecule has 0 saturated carbocycles. The fourth-order valence-corrected chi connectivity index (χ4v) is 2.19. The Morgan fingerprint density at radius 3 is 2.86 bits per heavy atom. The standard InChI is InChI=1S/C15H22N2O3.ClH/c1-2-9-19-13-6-4-3-5-12(13)17-15(18)14-8-7-11(10-16)20-14;/h3-6,11,14H,2,7-10,16H2,1H3,(H,17,18);1H/t11-,14+;/m1./s1. The Morgan fingerprint density at radius 1 is 1.43 bits per heavy atom. The minimum Gasteiger partial charge on any atom is -0.491 e. The van der Waals surface area contributed by atoms with Crippen molar-refractivity contribution >= 4 is 24.0 Å². The van der Waals surface area contributed by atoms with E-state index < -0.39 is 6.10 Å². The lowest BCUT2D eigenvalue weighted by Gasteiger charge is -2.15. The minimum absolute atomic E-state index is 0. The van der Waals surface area contributed by atoms with E-state index in [4.69, 9.17) is 15.2 Å². The number of benzene rings is 1. The summed E-state index contributed by atoms with van der Waals surface area (Å²) in [4.78, 5) is 12.2. The number of carbonyl (C=O) groups is 1. The molecule has 5 nitrogen and oxygen atoms in total. The van der Waals surface area contributed by atoms with Crippen LogP contribution in [0.2, 0.25) is 0 Å². The van der Waals surface area contributed by atoms with Crippen LogP contribution in [-0.2, 0) is 9.53 Å². The quantitative estimate of drug-likeness (QED) is 0.845. The zero-order chi connectivity index (χ0) is 14.4. The fourth-order valence-electron chi connectivity index (χ4n) is 2.19. The molecule has 0 bridgehead atoms. The van der Waals surface area contributed by atoms with Crippen LogP contribution in [0.1, 0.15) is 26.2 Å². The smallest absolute Gasteiger partial charge is 0.253 e. The van der Waals surface area contributed by atoms with E-state index in [1.807, 2.05) is 31.2 Å². The average Bonchev–Trinajstić information content (AvgIpc) is 2.95. The molecular weight excluding hydrogens is 292 g/mol. The topological polar surface area (TPSA) is 73.6 Å². The van der Waals surface area contributed by atoms with Crippen molar-refractivity contribution in [3.63, 3.8) is 0 Å². The van der Waals surface area contributed by atoms with Crippen molar-refractivity contribution < 1.29 is 14.3 Å². The van der Waals surface area contributed by atoms with E-state index in [1.165, 1.54) is 0 Å². The molecule has 1 fully saturated rings. The highest BCUT2D eigenvalue weighted by molar-refractivity contribution is 5.95. The lowest BCUT2D eigenvalue weighted by atomic mass is 10.2. The van der Waals surface area contributed by atoms with Crippen molar-refractivity contribution in [2.24, 2.45) is 5.73 Å². The third-order valence-corrected chi connectivity index (χ3v) is 3.27. The van der Waals surface area contributed by atoms with Crippen molar-refractivity contribution in [3.05, 3.63) is 24.3 Å². The second-order valence-corrected chi connectivity index (χ2v) is 4.89. The lowest BCUT2D eigenvalue weighted by molar-refractivity contribution is -0.126. The van der Waals surface area contributed by atoms with E-state index in [9.17, 15) is 4.79 Å². The SMILES string of the molecule is CCCOc1ccccc1NC(=O)[C@@H]1CC[C@H](CN)O1.Cl.